The van der Waals surface area contributed by atoms with Gasteiger partial charge in [0.05, 0.1) is 12.2 Å². The molecule has 1 saturated carbocycles. The number of likely N-dealkylation sites (tertiary alicyclic amines) is 1. The van der Waals surface area contributed by atoms with Crippen LogP contribution < -0.4 is 4.72 Å². The van der Waals surface area contributed by atoms with E-state index in [9.17, 15) is 22.8 Å². The van der Waals surface area contributed by atoms with Crippen LogP contribution in [0.5, 0.6) is 0 Å². The van der Waals surface area contributed by atoms with Gasteiger partial charge in [0.15, 0.2) is 0 Å². The van der Waals surface area contributed by atoms with Crippen molar-refractivity contribution >= 4 is 44.9 Å². The summed E-state index contributed by atoms with van der Waals surface area (Å²) in [6.07, 6.45) is 8.94. The maximum absolute atomic E-state index is 14.3. The topological polar surface area (TPSA) is 112 Å². The van der Waals surface area contributed by atoms with Gasteiger partial charge in [0.25, 0.3) is 11.8 Å². The van der Waals surface area contributed by atoms with Gasteiger partial charge in [-0.25, -0.2) is 4.72 Å². The number of amides is 3. The highest BCUT2D eigenvalue weighted by Gasteiger charge is 2.37. The lowest BCUT2D eigenvalue weighted by Crippen LogP contribution is -2.46. The van der Waals surface area contributed by atoms with Crippen LogP contribution in [0.3, 0.4) is 0 Å². The van der Waals surface area contributed by atoms with E-state index >= 15 is 0 Å². The van der Waals surface area contributed by atoms with Gasteiger partial charge in [-0.2, -0.15) is 12.7 Å². The van der Waals surface area contributed by atoms with E-state index in [0.717, 1.165) is 64.1 Å². The molecule has 3 heterocycles. The number of fused-ring (bicyclic) bond motifs is 5. The summed E-state index contributed by atoms with van der Waals surface area (Å²) in [4.78, 5) is 43.8. The number of aromatic nitrogens is 1. The summed E-state index contributed by atoms with van der Waals surface area (Å²) in [5.41, 5.74) is 5.76. The maximum Gasteiger partial charge on any atom is 0.303 e. The molecule has 0 spiro atoms. The molecule has 6 rings (SSSR count). The fraction of sp³-hybridized carbons (Fsp3) is 0.441. The Morgan fingerprint density at radius 3 is 2.36 bits per heavy atom. The fourth-order valence-corrected chi connectivity index (χ4v) is 7.70. The van der Waals surface area contributed by atoms with E-state index in [1.54, 1.807) is 36.0 Å². The summed E-state index contributed by atoms with van der Waals surface area (Å²) < 4.78 is 30.2. The van der Waals surface area contributed by atoms with Crippen molar-refractivity contribution in [2.24, 2.45) is 0 Å². The minimum atomic E-state index is -3.99. The lowest BCUT2D eigenvalue weighted by molar-refractivity contribution is -0.140. The summed E-state index contributed by atoms with van der Waals surface area (Å²) in [5.74, 6) is -0.645. The molecule has 3 aliphatic rings. The largest absolute Gasteiger partial charge is 0.347 e. The SMILES string of the molecule is CN(C)C(=O)[C@@H]1CCCN1C(=O)C1=Cc2ccccc2-c2c(C3CCCCC3)c3ccc(C(=O)NS(=O)(=O)N(C)C)cc3n2C1. The number of carbonyl (C=O) groups excluding carboxylic acids is 3. The van der Waals surface area contributed by atoms with Gasteiger partial charge in [0.1, 0.15) is 6.04 Å². The third kappa shape index (κ3) is 5.68. The molecule has 2 fully saturated rings. The molecular weight excluding hydrogens is 590 g/mol. The van der Waals surface area contributed by atoms with Crippen molar-refractivity contribution in [3.8, 4) is 11.3 Å². The second kappa shape index (κ2) is 12.1. The standard InChI is InChI=1S/C34H41N5O5S/c1-36(2)34(42)28-15-10-18-38(28)33(41)25-19-23-13-8-9-14-26(23)31-30(22-11-6-5-7-12-22)27-17-16-24(20-29(27)39(31)21-25)32(40)35-45(43,44)37(3)4/h8-9,13-14,16-17,19-20,22,28H,5-7,10-12,15,18,21H2,1-4H3,(H,35,40)/t28-/m0/s1. The van der Waals surface area contributed by atoms with E-state index in [1.807, 2.05) is 30.3 Å². The highest BCUT2D eigenvalue weighted by atomic mass is 32.2. The molecule has 1 aliphatic carbocycles. The molecule has 3 aromatic rings. The van der Waals surface area contributed by atoms with Gasteiger partial charge >= 0.3 is 10.2 Å². The normalized spacial score (nSPS) is 18.7. The molecule has 0 bridgehead atoms. The Labute approximate surface area is 264 Å². The number of hydrogen-bond acceptors (Lipinski definition) is 5. The zero-order chi connectivity index (χ0) is 32.0. The molecule has 45 heavy (non-hydrogen) atoms. The van der Waals surface area contributed by atoms with Crippen molar-refractivity contribution in [1.82, 2.24) is 23.4 Å². The monoisotopic (exact) mass is 631 g/mol. The summed E-state index contributed by atoms with van der Waals surface area (Å²) in [7, 11) is 2.17. The Balaban J connectivity index is 1.52. The lowest BCUT2D eigenvalue weighted by atomic mass is 9.81. The molecule has 0 radical (unpaired) electrons. The first-order valence-corrected chi connectivity index (χ1v) is 17.1. The Morgan fingerprint density at radius 1 is 0.911 bits per heavy atom. The molecule has 2 aliphatic heterocycles. The van der Waals surface area contributed by atoms with Crippen molar-refractivity contribution in [2.75, 3.05) is 34.7 Å². The van der Waals surface area contributed by atoms with Crippen LogP contribution in [0.2, 0.25) is 0 Å². The number of nitrogens with zero attached hydrogens (tertiary/aromatic N) is 4. The predicted octanol–water partition coefficient (Wildman–Crippen LogP) is 4.37. The van der Waals surface area contributed by atoms with Crippen LogP contribution in [0.25, 0.3) is 28.2 Å². The Kier molecular flexibility index (Phi) is 8.34. The minimum absolute atomic E-state index is 0.0782. The summed E-state index contributed by atoms with van der Waals surface area (Å²) in [5, 5.41) is 1.01. The Hall–Kier alpha value is -3.96. The van der Waals surface area contributed by atoms with E-state index in [2.05, 4.69) is 15.4 Å². The van der Waals surface area contributed by atoms with E-state index in [1.165, 1.54) is 26.1 Å². The van der Waals surface area contributed by atoms with Crippen LogP contribution in [-0.2, 0) is 26.3 Å². The molecule has 1 atom stereocenters. The fourth-order valence-electron chi connectivity index (χ4n) is 7.16. The molecule has 11 heteroatoms. The quantitative estimate of drug-likeness (QED) is 0.435. The number of likely N-dealkylation sites (N-methyl/N-ethyl adjacent to an activating group) is 1. The zero-order valence-corrected chi connectivity index (χ0v) is 27.2. The van der Waals surface area contributed by atoms with Crippen molar-refractivity contribution in [1.29, 1.82) is 0 Å². The second-order valence-corrected chi connectivity index (χ2v) is 14.7. The van der Waals surface area contributed by atoms with Gasteiger partial charge < -0.3 is 14.4 Å². The number of rotatable bonds is 6. The van der Waals surface area contributed by atoms with Crippen LogP contribution in [0.4, 0.5) is 0 Å². The molecule has 10 nitrogen and oxygen atoms in total. The molecule has 1 saturated heterocycles. The average Bonchev–Trinajstić information content (AvgIpc) is 3.58. The van der Waals surface area contributed by atoms with Crippen molar-refractivity contribution < 1.29 is 22.8 Å². The Bertz CT molecular complexity index is 1820. The average molecular weight is 632 g/mol. The van der Waals surface area contributed by atoms with Gasteiger partial charge in [-0.3, -0.25) is 14.4 Å². The second-order valence-electron chi connectivity index (χ2n) is 12.8. The van der Waals surface area contributed by atoms with Crippen LogP contribution in [0.1, 0.15) is 72.3 Å². The number of hydrogen-bond donors (Lipinski definition) is 1. The van der Waals surface area contributed by atoms with Crippen LogP contribution in [-0.4, -0.2) is 85.6 Å². The van der Waals surface area contributed by atoms with Crippen molar-refractivity contribution in [3.63, 3.8) is 0 Å². The molecule has 0 unspecified atom stereocenters. The first kappa shape index (κ1) is 31.0. The number of carbonyl (C=O) groups is 3. The first-order chi connectivity index (χ1) is 21.5. The van der Waals surface area contributed by atoms with Crippen LogP contribution in [0.15, 0.2) is 48.0 Å². The third-order valence-corrected chi connectivity index (χ3v) is 10.9. The van der Waals surface area contributed by atoms with Crippen molar-refractivity contribution in [2.45, 2.75) is 63.5 Å². The lowest BCUT2D eigenvalue weighted by Gasteiger charge is -2.27. The molecule has 1 aromatic heterocycles. The Morgan fingerprint density at radius 2 is 1.64 bits per heavy atom. The highest BCUT2D eigenvalue weighted by Crippen LogP contribution is 2.46. The predicted molar refractivity (Wildman–Crippen MR) is 175 cm³/mol. The van der Waals surface area contributed by atoms with E-state index < -0.39 is 22.2 Å². The smallest absolute Gasteiger partial charge is 0.303 e. The van der Waals surface area contributed by atoms with Gasteiger partial charge in [-0.1, -0.05) is 49.6 Å². The zero-order valence-electron chi connectivity index (χ0n) is 26.4. The van der Waals surface area contributed by atoms with E-state index in [0.29, 0.717) is 24.5 Å². The van der Waals surface area contributed by atoms with Crippen LogP contribution >= 0.6 is 0 Å². The molecule has 1 N–H and O–H groups in total. The number of nitrogens with one attached hydrogen (secondary N) is 1. The van der Waals surface area contributed by atoms with Crippen molar-refractivity contribution in [3.05, 3.63) is 64.7 Å². The highest BCUT2D eigenvalue weighted by molar-refractivity contribution is 7.87. The maximum atomic E-state index is 14.3. The molecule has 238 valence electrons. The van der Waals surface area contributed by atoms with Crippen LogP contribution in [0, 0.1) is 0 Å². The molecule has 3 amide bonds. The molecular formula is C34H41N5O5S. The van der Waals surface area contributed by atoms with E-state index in [-0.39, 0.29) is 23.9 Å². The summed E-state index contributed by atoms with van der Waals surface area (Å²) >= 11 is 0. The van der Waals surface area contributed by atoms with Gasteiger partial charge in [-0.15, -0.1) is 0 Å². The summed E-state index contributed by atoms with van der Waals surface area (Å²) in [6.45, 7) is 0.770. The van der Waals surface area contributed by atoms with E-state index in [4.69, 9.17) is 0 Å². The molecule has 2 aromatic carbocycles. The summed E-state index contributed by atoms with van der Waals surface area (Å²) in [6, 6.07) is 12.9. The third-order valence-electron chi connectivity index (χ3n) is 9.47. The van der Waals surface area contributed by atoms with Gasteiger partial charge in [0.2, 0.25) is 5.91 Å². The first-order valence-electron chi connectivity index (χ1n) is 15.7. The minimum Gasteiger partial charge on any atom is -0.347 e. The number of benzene rings is 2. The van der Waals surface area contributed by atoms with Gasteiger partial charge in [0, 0.05) is 62.3 Å². The van der Waals surface area contributed by atoms with Gasteiger partial charge in [-0.05, 0) is 60.9 Å².